The third kappa shape index (κ3) is 5.55. The van der Waals surface area contributed by atoms with Gasteiger partial charge in [0, 0.05) is 26.9 Å². The average Bonchev–Trinajstić information content (AvgIpc) is 2.41. The molecule has 4 heteroatoms. The Morgan fingerprint density at radius 1 is 1.00 bits per heavy atom. The van der Waals surface area contributed by atoms with E-state index in [0.717, 1.165) is 21.4 Å². The maximum Gasteiger partial charge on any atom is 0.0546 e. The Kier molecular flexibility index (Phi) is 5.61. The summed E-state index contributed by atoms with van der Waals surface area (Å²) in [4.78, 5) is 2.13. The molecule has 112 valence electrons. The van der Waals surface area contributed by atoms with Gasteiger partial charge in [0.2, 0.25) is 0 Å². The van der Waals surface area contributed by atoms with E-state index < -0.39 is 0 Å². The van der Waals surface area contributed by atoms with E-state index in [1.807, 2.05) is 12.1 Å². The minimum atomic E-state index is 0.127. The van der Waals surface area contributed by atoms with Gasteiger partial charge in [0.1, 0.15) is 0 Å². The molecule has 0 heterocycles. The number of rotatable bonds is 4. The summed E-state index contributed by atoms with van der Waals surface area (Å²) in [6.45, 7) is 7.36. The fourth-order valence-electron chi connectivity index (χ4n) is 1.72. The quantitative estimate of drug-likeness (QED) is 0.729. The van der Waals surface area contributed by atoms with E-state index in [-0.39, 0.29) is 5.54 Å². The Balaban J connectivity index is 2.04. The van der Waals surface area contributed by atoms with Crippen molar-refractivity contribution in [3.63, 3.8) is 0 Å². The van der Waals surface area contributed by atoms with Crippen molar-refractivity contribution in [1.29, 1.82) is 0 Å². The van der Waals surface area contributed by atoms with Gasteiger partial charge in [0.25, 0.3) is 0 Å². The maximum absolute atomic E-state index is 6.19. The minimum Gasteiger partial charge on any atom is -0.308 e. The molecular formula is C17H19Cl2NS. The summed E-state index contributed by atoms with van der Waals surface area (Å²) in [5.41, 5.74) is 1.40. The van der Waals surface area contributed by atoms with Crippen molar-refractivity contribution < 1.29 is 0 Å². The lowest BCUT2D eigenvalue weighted by Gasteiger charge is -2.20. The first-order valence-corrected chi connectivity index (χ1v) is 8.38. The summed E-state index contributed by atoms with van der Waals surface area (Å²) in [6.07, 6.45) is 0. The van der Waals surface area contributed by atoms with Crippen molar-refractivity contribution >= 4 is 35.0 Å². The first kappa shape index (κ1) is 16.7. The number of hydrogen-bond donors (Lipinski definition) is 1. The third-order valence-electron chi connectivity index (χ3n) is 2.87. The molecule has 1 nitrogen and oxygen atoms in total. The zero-order valence-corrected chi connectivity index (χ0v) is 14.7. The summed E-state index contributed by atoms with van der Waals surface area (Å²) in [6, 6.07) is 14.0. The van der Waals surface area contributed by atoms with Crippen molar-refractivity contribution in [1.82, 2.24) is 5.32 Å². The van der Waals surface area contributed by atoms with Crippen LogP contribution in [0.25, 0.3) is 0 Å². The largest absolute Gasteiger partial charge is 0.308 e. The molecule has 0 aliphatic heterocycles. The van der Waals surface area contributed by atoms with E-state index in [0.29, 0.717) is 5.02 Å². The predicted octanol–water partition coefficient (Wildman–Crippen LogP) is 6.03. The molecule has 21 heavy (non-hydrogen) atoms. The number of nitrogens with one attached hydrogen (secondary N) is 1. The third-order valence-corrected chi connectivity index (χ3v) is 4.61. The molecular weight excluding hydrogens is 321 g/mol. The van der Waals surface area contributed by atoms with E-state index in [4.69, 9.17) is 23.2 Å². The van der Waals surface area contributed by atoms with Crippen molar-refractivity contribution in [3.05, 3.63) is 58.1 Å². The molecule has 0 aliphatic carbocycles. The van der Waals surface area contributed by atoms with Gasteiger partial charge in [-0.05, 0) is 56.7 Å². The predicted molar refractivity (Wildman–Crippen MR) is 93.6 cm³/mol. The van der Waals surface area contributed by atoms with Crippen LogP contribution < -0.4 is 5.32 Å². The van der Waals surface area contributed by atoms with Crippen LogP contribution in [0, 0.1) is 0 Å². The van der Waals surface area contributed by atoms with Gasteiger partial charge in [-0.25, -0.2) is 0 Å². The smallest absolute Gasteiger partial charge is 0.0546 e. The average molecular weight is 340 g/mol. The molecule has 2 aromatic carbocycles. The first-order chi connectivity index (χ1) is 9.83. The zero-order valence-electron chi connectivity index (χ0n) is 12.4. The Labute approximate surface area is 141 Å². The Bertz CT molecular complexity index is 603. The van der Waals surface area contributed by atoms with E-state index in [1.165, 1.54) is 5.56 Å². The summed E-state index contributed by atoms with van der Waals surface area (Å²) >= 11 is 13.8. The molecule has 0 aliphatic rings. The number of benzene rings is 2. The van der Waals surface area contributed by atoms with E-state index in [9.17, 15) is 0 Å². The summed E-state index contributed by atoms with van der Waals surface area (Å²) in [5, 5.41) is 4.91. The first-order valence-electron chi connectivity index (χ1n) is 6.80. The van der Waals surface area contributed by atoms with Gasteiger partial charge in [-0.15, -0.1) is 0 Å². The minimum absolute atomic E-state index is 0.127. The summed E-state index contributed by atoms with van der Waals surface area (Å²) in [7, 11) is 0. The lowest BCUT2D eigenvalue weighted by molar-refractivity contribution is 0.424. The van der Waals surface area contributed by atoms with Crippen LogP contribution >= 0.6 is 35.0 Å². The molecule has 0 amide bonds. The summed E-state index contributed by atoms with van der Waals surface area (Å²) < 4.78 is 0. The Morgan fingerprint density at radius 2 is 1.67 bits per heavy atom. The van der Waals surface area contributed by atoms with Crippen LogP contribution in [0.4, 0.5) is 0 Å². The highest BCUT2D eigenvalue weighted by atomic mass is 35.5. The highest BCUT2D eigenvalue weighted by Crippen LogP contribution is 2.35. The van der Waals surface area contributed by atoms with Crippen LogP contribution in [-0.4, -0.2) is 5.54 Å². The number of hydrogen-bond acceptors (Lipinski definition) is 2. The SMILES string of the molecule is CC(C)(C)NCc1ccc(Sc2cc(Cl)ccc2Cl)cc1. The van der Waals surface area contributed by atoms with E-state index in [1.54, 1.807) is 17.8 Å². The normalized spacial score (nSPS) is 11.7. The topological polar surface area (TPSA) is 12.0 Å². The second-order valence-corrected chi connectivity index (χ2v) is 7.88. The number of halogens is 2. The van der Waals surface area contributed by atoms with Gasteiger partial charge in [0.15, 0.2) is 0 Å². The van der Waals surface area contributed by atoms with Crippen molar-refractivity contribution in [2.24, 2.45) is 0 Å². The van der Waals surface area contributed by atoms with Gasteiger partial charge in [0.05, 0.1) is 5.02 Å². The molecule has 0 saturated carbocycles. The monoisotopic (exact) mass is 339 g/mol. The van der Waals surface area contributed by atoms with Crippen LogP contribution in [-0.2, 0) is 6.54 Å². The maximum atomic E-state index is 6.19. The molecule has 2 rings (SSSR count). The highest BCUT2D eigenvalue weighted by Gasteiger charge is 2.08. The molecule has 0 radical (unpaired) electrons. The Hall–Kier alpha value is -0.670. The molecule has 2 aromatic rings. The second kappa shape index (κ2) is 7.06. The van der Waals surface area contributed by atoms with Gasteiger partial charge in [-0.3, -0.25) is 0 Å². The van der Waals surface area contributed by atoms with E-state index in [2.05, 4.69) is 50.4 Å². The molecule has 0 saturated heterocycles. The fraction of sp³-hybridized carbons (Fsp3) is 0.294. The lowest BCUT2D eigenvalue weighted by Crippen LogP contribution is -2.35. The van der Waals surface area contributed by atoms with Crippen LogP contribution in [0.2, 0.25) is 10.0 Å². The molecule has 0 atom stereocenters. The van der Waals surface area contributed by atoms with Crippen molar-refractivity contribution in [2.45, 2.75) is 42.6 Å². The highest BCUT2D eigenvalue weighted by molar-refractivity contribution is 7.99. The molecule has 0 aromatic heterocycles. The zero-order chi connectivity index (χ0) is 15.5. The fourth-order valence-corrected chi connectivity index (χ4v) is 3.07. The summed E-state index contributed by atoms with van der Waals surface area (Å²) in [5.74, 6) is 0. The standard InChI is InChI=1S/C17H19Cl2NS/c1-17(2,3)20-11-12-4-7-14(8-5-12)21-16-10-13(18)6-9-15(16)19/h4-10,20H,11H2,1-3H3. The van der Waals surface area contributed by atoms with Gasteiger partial charge in [-0.2, -0.15) is 0 Å². The van der Waals surface area contributed by atoms with Crippen molar-refractivity contribution in [2.75, 3.05) is 0 Å². The molecule has 0 spiro atoms. The lowest BCUT2D eigenvalue weighted by atomic mass is 10.1. The van der Waals surface area contributed by atoms with Crippen LogP contribution in [0.15, 0.2) is 52.3 Å². The molecule has 0 bridgehead atoms. The van der Waals surface area contributed by atoms with Crippen LogP contribution in [0.5, 0.6) is 0 Å². The molecule has 0 unspecified atom stereocenters. The molecule has 1 N–H and O–H groups in total. The Morgan fingerprint density at radius 3 is 2.29 bits per heavy atom. The van der Waals surface area contributed by atoms with Gasteiger partial charge >= 0.3 is 0 Å². The van der Waals surface area contributed by atoms with E-state index >= 15 is 0 Å². The second-order valence-electron chi connectivity index (χ2n) is 5.92. The van der Waals surface area contributed by atoms with Gasteiger partial charge in [-0.1, -0.05) is 47.1 Å². The van der Waals surface area contributed by atoms with Crippen molar-refractivity contribution in [3.8, 4) is 0 Å². The van der Waals surface area contributed by atoms with Crippen LogP contribution in [0.3, 0.4) is 0 Å². The van der Waals surface area contributed by atoms with Gasteiger partial charge < -0.3 is 5.32 Å². The molecule has 0 fully saturated rings. The van der Waals surface area contributed by atoms with Crippen LogP contribution in [0.1, 0.15) is 26.3 Å².